The lowest BCUT2D eigenvalue weighted by atomic mass is 10.1. The molecule has 202 valence electrons. The van der Waals surface area contributed by atoms with Gasteiger partial charge >= 0.3 is 6.03 Å². The Kier molecular flexibility index (Phi) is 8.54. The van der Waals surface area contributed by atoms with Crippen molar-refractivity contribution in [1.29, 1.82) is 0 Å². The van der Waals surface area contributed by atoms with Gasteiger partial charge in [0, 0.05) is 39.4 Å². The topological polar surface area (TPSA) is 103 Å². The first-order chi connectivity index (χ1) is 18.7. The van der Waals surface area contributed by atoms with E-state index in [0.717, 1.165) is 4.90 Å². The van der Waals surface area contributed by atoms with Gasteiger partial charge < -0.3 is 18.9 Å². The predicted octanol–water partition coefficient (Wildman–Crippen LogP) is 5.92. The van der Waals surface area contributed by atoms with E-state index in [1.165, 1.54) is 39.5 Å². The number of benzene rings is 3. The number of amides is 4. The number of ether oxygens (including phenoxy) is 4. The first-order valence-corrected chi connectivity index (χ1v) is 12.4. The molecule has 0 unspecified atom stereocenters. The molecule has 0 spiro atoms. The van der Waals surface area contributed by atoms with Crippen molar-refractivity contribution >= 4 is 64.4 Å². The number of rotatable bonds is 8. The maximum Gasteiger partial charge on any atom is 0.336 e. The van der Waals surface area contributed by atoms with Crippen molar-refractivity contribution in [2.75, 3.05) is 26.2 Å². The van der Waals surface area contributed by atoms with Crippen molar-refractivity contribution < 1.29 is 33.3 Å². The van der Waals surface area contributed by atoms with Crippen LogP contribution in [0.3, 0.4) is 0 Å². The zero-order valence-electron chi connectivity index (χ0n) is 20.8. The van der Waals surface area contributed by atoms with Crippen LogP contribution in [0.25, 0.3) is 6.08 Å². The van der Waals surface area contributed by atoms with Gasteiger partial charge in [0.15, 0.2) is 0 Å². The standard InChI is InChI=1S/C27H21Cl3N2O7/c1-36-17-7-5-14(22(10-17)39-13-15-4-6-16(28)9-19(15)29)8-18-25(33)31-27(35)32(26(18)34)21-12-23(37-2)20(30)11-24(21)38-3/h4-12H,13H2,1-3H3,(H,31,33,35)/b18-8+. The van der Waals surface area contributed by atoms with Crippen LogP contribution in [-0.2, 0) is 16.2 Å². The fourth-order valence-electron chi connectivity index (χ4n) is 3.73. The first-order valence-electron chi connectivity index (χ1n) is 11.2. The van der Waals surface area contributed by atoms with Gasteiger partial charge in [0.05, 0.1) is 32.0 Å². The highest BCUT2D eigenvalue weighted by Gasteiger charge is 2.39. The fraction of sp³-hybridized carbons (Fsp3) is 0.148. The van der Waals surface area contributed by atoms with Gasteiger partial charge in [0.2, 0.25) is 0 Å². The van der Waals surface area contributed by atoms with Gasteiger partial charge in [-0.2, -0.15) is 0 Å². The number of nitrogens with zero attached hydrogens (tertiary/aromatic N) is 1. The van der Waals surface area contributed by atoms with Crippen molar-refractivity contribution in [3.63, 3.8) is 0 Å². The van der Waals surface area contributed by atoms with E-state index in [4.69, 9.17) is 53.8 Å². The summed E-state index contributed by atoms with van der Waals surface area (Å²) in [6.07, 6.45) is 1.31. The molecule has 1 N–H and O–H groups in total. The third-order valence-corrected chi connectivity index (χ3v) is 6.60. The minimum atomic E-state index is -0.964. The summed E-state index contributed by atoms with van der Waals surface area (Å²) in [5, 5.41) is 3.27. The van der Waals surface area contributed by atoms with Crippen molar-refractivity contribution in [1.82, 2.24) is 5.32 Å². The lowest BCUT2D eigenvalue weighted by Gasteiger charge is -2.28. The number of imide groups is 2. The average molecular weight is 592 g/mol. The number of carbonyl (C=O) groups is 3. The van der Waals surface area contributed by atoms with Crippen LogP contribution in [0, 0.1) is 0 Å². The summed E-state index contributed by atoms with van der Waals surface area (Å²) >= 11 is 18.4. The van der Waals surface area contributed by atoms with Crippen LogP contribution in [-0.4, -0.2) is 39.2 Å². The van der Waals surface area contributed by atoms with E-state index in [2.05, 4.69) is 5.32 Å². The second-order valence-corrected chi connectivity index (χ2v) is 9.30. The Morgan fingerprint density at radius 2 is 1.56 bits per heavy atom. The molecule has 0 atom stereocenters. The normalized spacial score (nSPS) is 14.4. The van der Waals surface area contributed by atoms with Crippen LogP contribution in [0.4, 0.5) is 10.5 Å². The van der Waals surface area contributed by atoms with E-state index in [-0.39, 0.29) is 34.4 Å². The summed E-state index contributed by atoms with van der Waals surface area (Å²) in [4.78, 5) is 39.9. The molecule has 0 aromatic heterocycles. The summed E-state index contributed by atoms with van der Waals surface area (Å²) in [6, 6.07) is 11.6. The number of halogens is 3. The van der Waals surface area contributed by atoms with E-state index in [0.29, 0.717) is 32.7 Å². The molecule has 3 aromatic carbocycles. The summed E-state index contributed by atoms with van der Waals surface area (Å²) in [5.74, 6) is -0.697. The second-order valence-electron chi connectivity index (χ2n) is 8.04. The average Bonchev–Trinajstić information content (AvgIpc) is 2.91. The van der Waals surface area contributed by atoms with Crippen LogP contribution >= 0.6 is 34.8 Å². The van der Waals surface area contributed by atoms with E-state index in [9.17, 15) is 14.4 Å². The second kappa shape index (κ2) is 11.9. The summed E-state index contributed by atoms with van der Waals surface area (Å²) in [6.45, 7) is 0.0614. The summed E-state index contributed by atoms with van der Waals surface area (Å²) in [5.41, 5.74) is 0.734. The third kappa shape index (κ3) is 5.90. The summed E-state index contributed by atoms with van der Waals surface area (Å²) < 4.78 is 21.8. The fourth-order valence-corrected chi connectivity index (χ4v) is 4.42. The maximum absolute atomic E-state index is 13.5. The molecule has 9 nitrogen and oxygen atoms in total. The Balaban J connectivity index is 1.74. The molecule has 0 bridgehead atoms. The van der Waals surface area contributed by atoms with Crippen LogP contribution in [0.1, 0.15) is 11.1 Å². The molecule has 1 fully saturated rings. The van der Waals surface area contributed by atoms with Crippen molar-refractivity contribution in [3.05, 3.63) is 80.3 Å². The van der Waals surface area contributed by atoms with Gasteiger partial charge in [-0.15, -0.1) is 0 Å². The maximum atomic E-state index is 13.5. The molecule has 3 aromatic rings. The molecular weight excluding hydrogens is 571 g/mol. The number of methoxy groups -OCH3 is 3. The van der Waals surface area contributed by atoms with Crippen LogP contribution in [0.15, 0.2) is 54.1 Å². The minimum absolute atomic E-state index is 0.0308. The number of barbiturate groups is 1. The Bertz CT molecular complexity index is 1510. The molecule has 4 rings (SSSR count). The molecule has 0 aliphatic carbocycles. The van der Waals surface area contributed by atoms with E-state index >= 15 is 0 Å². The van der Waals surface area contributed by atoms with E-state index in [1.54, 1.807) is 36.4 Å². The minimum Gasteiger partial charge on any atom is -0.497 e. The number of nitrogens with one attached hydrogen (secondary N) is 1. The zero-order valence-corrected chi connectivity index (χ0v) is 23.1. The third-order valence-electron chi connectivity index (χ3n) is 5.71. The SMILES string of the molecule is COc1ccc(/C=C2\C(=O)NC(=O)N(c3cc(OC)c(Cl)cc3OC)C2=O)c(OCc2ccc(Cl)cc2Cl)c1. The smallest absolute Gasteiger partial charge is 0.336 e. The quantitative estimate of drug-likeness (QED) is 0.256. The zero-order chi connectivity index (χ0) is 28.3. The number of hydrogen-bond donors (Lipinski definition) is 1. The van der Waals surface area contributed by atoms with Gasteiger partial charge in [0.25, 0.3) is 11.8 Å². The Labute approximate surface area is 238 Å². The van der Waals surface area contributed by atoms with Gasteiger partial charge in [-0.25, -0.2) is 9.69 Å². The molecule has 39 heavy (non-hydrogen) atoms. The Morgan fingerprint density at radius 3 is 2.23 bits per heavy atom. The van der Waals surface area contributed by atoms with Gasteiger partial charge in [0.1, 0.15) is 35.2 Å². The van der Waals surface area contributed by atoms with Crippen molar-refractivity contribution in [2.24, 2.45) is 0 Å². The van der Waals surface area contributed by atoms with Crippen LogP contribution in [0.2, 0.25) is 15.1 Å². The van der Waals surface area contributed by atoms with E-state index in [1.807, 2.05) is 0 Å². The predicted molar refractivity (Wildman–Crippen MR) is 147 cm³/mol. The van der Waals surface area contributed by atoms with E-state index < -0.39 is 17.8 Å². The van der Waals surface area contributed by atoms with Gasteiger partial charge in [-0.1, -0.05) is 40.9 Å². The Hall–Kier alpha value is -3.92. The van der Waals surface area contributed by atoms with Crippen LogP contribution < -0.4 is 29.2 Å². The van der Waals surface area contributed by atoms with Crippen molar-refractivity contribution in [2.45, 2.75) is 6.61 Å². The number of carbonyl (C=O) groups excluding carboxylic acids is 3. The number of hydrogen-bond acceptors (Lipinski definition) is 7. The first kappa shape index (κ1) is 28.1. The molecule has 1 saturated heterocycles. The molecule has 1 aliphatic heterocycles. The van der Waals surface area contributed by atoms with Gasteiger partial charge in [-0.3, -0.25) is 14.9 Å². The molecule has 0 saturated carbocycles. The van der Waals surface area contributed by atoms with Crippen molar-refractivity contribution in [3.8, 4) is 23.0 Å². The molecule has 12 heteroatoms. The highest BCUT2D eigenvalue weighted by molar-refractivity contribution is 6.40. The van der Waals surface area contributed by atoms with Crippen LogP contribution in [0.5, 0.6) is 23.0 Å². The summed E-state index contributed by atoms with van der Waals surface area (Å²) in [7, 11) is 4.22. The molecule has 0 radical (unpaired) electrons. The highest BCUT2D eigenvalue weighted by Crippen LogP contribution is 2.39. The molecular formula is C27H21Cl3N2O7. The highest BCUT2D eigenvalue weighted by atomic mass is 35.5. The molecule has 1 heterocycles. The largest absolute Gasteiger partial charge is 0.497 e. The monoisotopic (exact) mass is 590 g/mol. The lowest BCUT2D eigenvalue weighted by Crippen LogP contribution is -2.54. The lowest BCUT2D eigenvalue weighted by molar-refractivity contribution is -0.122. The number of urea groups is 1. The Morgan fingerprint density at radius 1 is 0.821 bits per heavy atom. The molecule has 1 aliphatic rings. The number of anilines is 1. The van der Waals surface area contributed by atoms with Gasteiger partial charge in [-0.05, 0) is 30.3 Å². The molecule has 4 amide bonds.